The fourth-order valence-electron chi connectivity index (χ4n) is 1.89. The van der Waals surface area contributed by atoms with Gasteiger partial charge >= 0.3 is 0 Å². The Hall–Kier alpha value is -1.49. The van der Waals surface area contributed by atoms with Gasteiger partial charge < -0.3 is 0 Å². The molecule has 1 N–H and O–H groups in total. The maximum Gasteiger partial charge on any atom is 0.250 e. The van der Waals surface area contributed by atoms with Gasteiger partial charge in [-0.15, -0.1) is 11.3 Å². The molecule has 0 atom stereocenters. The summed E-state index contributed by atoms with van der Waals surface area (Å²) in [5.74, 6) is -0.695. The number of rotatable bonds is 7. The molecule has 0 unspecified atom stereocenters. The molecule has 0 aliphatic rings. The Balaban J connectivity index is 2.14. The van der Waals surface area contributed by atoms with Gasteiger partial charge in [-0.2, -0.15) is 0 Å². The average Bonchev–Trinajstić information content (AvgIpc) is 2.98. The van der Waals surface area contributed by atoms with Crippen molar-refractivity contribution in [2.24, 2.45) is 0 Å². The lowest BCUT2D eigenvalue weighted by atomic mass is 10.3. The molecule has 0 radical (unpaired) electrons. The minimum Gasteiger partial charge on any atom is -0.266 e. The van der Waals surface area contributed by atoms with Crippen molar-refractivity contribution in [3.8, 4) is 0 Å². The SMILES string of the molecule is CS(=O)(=O)N(CCNS(=O)(=O)c1cccs1)c1ccccc1F. The number of halogens is 1. The molecule has 0 saturated carbocycles. The number of para-hydroxylation sites is 1. The Morgan fingerprint density at radius 2 is 1.83 bits per heavy atom. The van der Waals surface area contributed by atoms with Crippen molar-refractivity contribution in [3.05, 3.63) is 47.6 Å². The third-order valence-corrected chi connectivity index (χ3v) is 6.93. The number of sulfonamides is 2. The van der Waals surface area contributed by atoms with Gasteiger partial charge in [0.05, 0.1) is 11.9 Å². The lowest BCUT2D eigenvalue weighted by Crippen LogP contribution is -2.38. The van der Waals surface area contributed by atoms with E-state index in [1.54, 1.807) is 11.4 Å². The molecule has 0 aliphatic carbocycles. The number of hydrogen-bond acceptors (Lipinski definition) is 5. The summed E-state index contributed by atoms with van der Waals surface area (Å²) in [5.41, 5.74) is -0.120. The van der Waals surface area contributed by atoms with E-state index < -0.39 is 25.9 Å². The van der Waals surface area contributed by atoms with Crippen LogP contribution < -0.4 is 9.03 Å². The molecule has 0 spiro atoms. The Kier molecular flexibility index (Phi) is 5.40. The summed E-state index contributed by atoms with van der Waals surface area (Å²) in [6, 6.07) is 8.46. The molecule has 1 heterocycles. The summed E-state index contributed by atoms with van der Waals surface area (Å²) >= 11 is 1.05. The van der Waals surface area contributed by atoms with Crippen LogP contribution in [0.3, 0.4) is 0 Å². The molecule has 126 valence electrons. The largest absolute Gasteiger partial charge is 0.266 e. The zero-order valence-electron chi connectivity index (χ0n) is 12.1. The lowest BCUT2D eigenvalue weighted by Gasteiger charge is -2.22. The first kappa shape index (κ1) is 17.9. The van der Waals surface area contributed by atoms with Crippen LogP contribution in [0.5, 0.6) is 0 Å². The highest BCUT2D eigenvalue weighted by Gasteiger charge is 2.21. The molecular formula is C13H15FN2O4S3. The van der Waals surface area contributed by atoms with E-state index in [1.165, 1.54) is 24.3 Å². The summed E-state index contributed by atoms with van der Waals surface area (Å²) < 4.78 is 64.8. The van der Waals surface area contributed by atoms with Crippen LogP contribution in [0.1, 0.15) is 0 Å². The van der Waals surface area contributed by atoms with Crippen molar-refractivity contribution in [2.45, 2.75) is 4.21 Å². The van der Waals surface area contributed by atoms with Crippen LogP contribution in [0.2, 0.25) is 0 Å². The van der Waals surface area contributed by atoms with Crippen LogP contribution in [-0.4, -0.2) is 36.2 Å². The summed E-state index contributed by atoms with van der Waals surface area (Å²) in [5, 5.41) is 1.62. The Morgan fingerprint density at radius 1 is 1.13 bits per heavy atom. The topological polar surface area (TPSA) is 83.6 Å². The molecule has 0 amide bonds. The highest BCUT2D eigenvalue weighted by Crippen LogP contribution is 2.21. The van der Waals surface area contributed by atoms with E-state index in [-0.39, 0.29) is 23.0 Å². The maximum atomic E-state index is 13.8. The molecule has 0 fully saturated rings. The standard InChI is InChI=1S/C13H15FN2O4S3/c1-22(17,18)16(12-6-3-2-5-11(12)14)9-8-15-23(19,20)13-7-4-10-21-13/h2-7,10,15H,8-9H2,1H3. The van der Waals surface area contributed by atoms with Gasteiger partial charge in [0.15, 0.2) is 0 Å². The molecule has 0 bridgehead atoms. The summed E-state index contributed by atoms with van der Waals surface area (Å²) in [6.07, 6.45) is 0.938. The number of hydrogen-bond donors (Lipinski definition) is 1. The number of thiophene rings is 1. The van der Waals surface area contributed by atoms with E-state index in [9.17, 15) is 21.2 Å². The average molecular weight is 378 g/mol. The van der Waals surface area contributed by atoms with Crippen LogP contribution in [-0.2, 0) is 20.0 Å². The van der Waals surface area contributed by atoms with Gasteiger partial charge in [-0.05, 0) is 23.6 Å². The second kappa shape index (κ2) is 6.95. The summed E-state index contributed by atoms with van der Waals surface area (Å²) in [4.78, 5) is 0. The van der Waals surface area contributed by atoms with Crippen molar-refractivity contribution in [1.82, 2.24) is 4.72 Å². The van der Waals surface area contributed by atoms with E-state index >= 15 is 0 Å². The smallest absolute Gasteiger partial charge is 0.250 e. The fraction of sp³-hybridized carbons (Fsp3) is 0.231. The quantitative estimate of drug-likeness (QED) is 0.794. The van der Waals surface area contributed by atoms with Crippen LogP contribution in [0.15, 0.2) is 46.0 Å². The lowest BCUT2D eigenvalue weighted by molar-refractivity contribution is 0.577. The van der Waals surface area contributed by atoms with Crippen molar-refractivity contribution in [2.75, 3.05) is 23.7 Å². The highest BCUT2D eigenvalue weighted by molar-refractivity contribution is 7.92. The predicted molar refractivity (Wildman–Crippen MR) is 88.1 cm³/mol. The van der Waals surface area contributed by atoms with Crippen LogP contribution >= 0.6 is 11.3 Å². The molecular weight excluding hydrogens is 363 g/mol. The van der Waals surface area contributed by atoms with Crippen molar-refractivity contribution in [3.63, 3.8) is 0 Å². The van der Waals surface area contributed by atoms with Gasteiger partial charge in [0.2, 0.25) is 20.0 Å². The third kappa shape index (κ3) is 4.50. The zero-order chi connectivity index (χ0) is 17.1. The monoisotopic (exact) mass is 378 g/mol. The first-order valence-corrected chi connectivity index (χ1v) is 10.7. The van der Waals surface area contributed by atoms with Crippen molar-refractivity contribution < 1.29 is 21.2 Å². The van der Waals surface area contributed by atoms with E-state index in [0.717, 1.165) is 28.0 Å². The highest BCUT2D eigenvalue weighted by atomic mass is 32.2. The Morgan fingerprint density at radius 3 is 2.39 bits per heavy atom. The van der Waals surface area contributed by atoms with E-state index in [2.05, 4.69) is 4.72 Å². The minimum absolute atomic E-state index is 0.120. The van der Waals surface area contributed by atoms with Crippen LogP contribution in [0.4, 0.5) is 10.1 Å². The van der Waals surface area contributed by atoms with E-state index in [4.69, 9.17) is 0 Å². The first-order valence-electron chi connectivity index (χ1n) is 6.47. The first-order chi connectivity index (χ1) is 10.7. The Labute approximate surface area is 138 Å². The second-order valence-electron chi connectivity index (χ2n) is 4.62. The molecule has 6 nitrogen and oxygen atoms in total. The molecule has 2 rings (SSSR count). The van der Waals surface area contributed by atoms with Crippen LogP contribution in [0, 0.1) is 5.82 Å². The molecule has 23 heavy (non-hydrogen) atoms. The van der Waals surface area contributed by atoms with Gasteiger partial charge in [-0.25, -0.2) is 25.9 Å². The number of nitrogens with one attached hydrogen (secondary N) is 1. The fourth-order valence-corrected chi connectivity index (χ4v) is 4.87. The van der Waals surface area contributed by atoms with Crippen molar-refractivity contribution in [1.29, 1.82) is 0 Å². The van der Waals surface area contributed by atoms with E-state index in [1.807, 2.05) is 0 Å². The Bertz CT molecular complexity index is 864. The van der Waals surface area contributed by atoms with E-state index in [0.29, 0.717) is 0 Å². The van der Waals surface area contributed by atoms with Gasteiger partial charge in [0, 0.05) is 13.1 Å². The molecule has 10 heteroatoms. The molecule has 2 aromatic rings. The zero-order valence-corrected chi connectivity index (χ0v) is 14.6. The number of benzene rings is 1. The number of anilines is 1. The molecule has 1 aromatic carbocycles. The number of nitrogens with zero attached hydrogens (tertiary/aromatic N) is 1. The third-order valence-electron chi connectivity index (χ3n) is 2.89. The normalized spacial score (nSPS) is 12.3. The molecule has 1 aromatic heterocycles. The predicted octanol–water partition coefficient (Wildman–Crippen LogP) is 1.63. The molecule has 0 saturated heterocycles. The maximum absolute atomic E-state index is 13.8. The summed E-state index contributed by atoms with van der Waals surface area (Å²) in [6.45, 7) is -0.397. The second-order valence-corrected chi connectivity index (χ2v) is 9.46. The van der Waals surface area contributed by atoms with Gasteiger partial charge in [0.1, 0.15) is 10.0 Å². The molecule has 0 aliphatic heterocycles. The van der Waals surface area contributed by atoms with Gasteiger partial charge in [-0.3, -0.25) is 4.31 Å². The summed E-state index contributed by atoms with van der Waals surface area (Å²) in [7, 11) is -7.45. The van der Waals surface area contributed by atoms with Gasteiger partial charge in [-0.1, -0.05) is 18.2 Å². The van der Waals surface area contributed by atoms with Crippen LogP contribution in [0.25, 0.3) is 0 Å². The van der Waals surface area contributed by atoms with Gasteiger partial charge in [0.25, 0.3) is 0 Å². The minimum atomic E-state index is -3.75. The van der Waals surface area contributed by atoms with Crippen molar-refractivity contribution >= 4 is 37.1 Å².